The van der Waals surface area contributed by atoms with Crippen molar-refractivity contribution in [3.05, 3.63) is 71.8 Å². The van der Waals surface area contributed by atoms with Gasteiger partial charge in [-0.3, -0.25) is 9.69 Å². The lowest BCUT2D eigenvalue weighted by atomic mass is 9.65. The summed E-state index contributed by atoms with van der Waals surface area (Å²) >= 11 is 0. The summed E-state index contributed by atoms with van der Waals surface area (Å²) in [6.45, 7) is 2.00. The van der Waals surface area contributed by atoms with E-state index in [1.165, 1.54) is 24.7 Å². The number of hydrogen-bond donors (Lipinski definition) is 0. The van der Waals surface area contributed by atoms with Crippen LogP contribution < -0.4 is 0 Å². The molecular formula is C24H29NO2. The molecule has 2 aliphatic rings. The molecule has 4 rings (SSSR count). The van der Waals surface area contributed by atoms with Gasteiger partial charge >= 0.3 is 5.97 Å². The van der Waals surface area contributed by atoms with Crippen molar-refractivity contribution in [2.45, 2.75) is 38.1 Å². The number of methoxy groups -OCH3 is 1. The molecule has 3 heteroatoms. The molecule has 2 fully saturated rings. The predicted octanol–water partition coefficient (Wildman–Crippen LogP) is 4.83. The van der Waals surface area contributed by atoms with Crippen molar-refractivity contribution in [2.24, 2.45) is 11.3 Å². The zero-order chi connectivity index (χ0) is 18.7. The highest BCUT2D eigenvalue weighted by Gasteiger charge is 2.50. The number of likely N-dealkylation sites (tertiary alicyclic amines) is 1. The Morgan fingerprint density at radius 3 is 2.22 bits per heavy atom. The molecule has 2 aromatic rings. The molecule has 1 saturated heterocycles. The first-order valence-corrected chi connectivity index (χ1v) is 10.2. The Hall–Kier alpha value is -2.13. The van der Waals surface area contributed by atoms with Gasteiger partial charge in [-0.25, -0.2) is 0 Å². The quantitative estimate of drug-likeness (QED) is 0.729. The molecule has 27 heavy (non-hydrogen) atoms. The molecule has 3 nitrogen and oxygen atoms in total. The predicted molar refractivity (Wildman–Crippen MR) is 107 cm³/mol. The summed E-state index contributed by atoms with van der Waals surface area (Å²) in [6, 6.07) is 21.8. The number of benzene rings is 2. The van der Waals surface area contributed by atoms with Crippen LogP contribution in [0.3, 0.4) is 0 Å². The van der Waals surface area contributed by atoms with Gasteiger partial charge in [0.1, 0.15) is 0 Å². The number of rotatable bonds is 4. The van der Waals surface area contributed by atoms with Crippen LogP contribution in [0.5, 0.6) is 0 Å². The summed E-state index contributed by atoms with van der Waals surface area (Å²) in [7, 11) is 1.54. The van der Waals surface area contributed by atoms with Crippen LogP contribution in [0.1, 0.15) is 49.3 Å². The molecule has 0 bridgehead atoms. The van der Waals surface area contributed by atoms with Crippen molar-refractivity contribution in [1.29, 1.82) is 0 Å². The number of nitrogens with zero attached hydrogens (tertiary/aromatic N) is 1. The third-order valence-corrected chi connectivity index (χ3v) is 6.65. The minimum absolute atomic E-state index is 0.00692. The van der Waals surface area contributed by atoms with Crippen LogP contribution in [0.4, 0.5) is 0 Å². The van der Waals surface area contributed by atoms with Crippen molar-refractivity contribution in [2.75, 3.05) is 20.2 Å². The average Bonchev–Trinajstić information content (AvgIpc) is 3.13. The second-order valence-corrected chi connectivity index (χ2v) is 8.13. The van der Waals surface area contributed by atoms with Crippen molar-refractivity contribution in [3.63, 3.8) is 0 Å². The Morgan fingerprint density at radius 1 is 1.00 bits per heavy atom. The van der Waals surface area contributed by atoms with Crippen molar-refractivity contribution < 1.29 is 9.53 Å². The zero-order valence-corrected chi connectivity index (χ0v) is 16.1. The highest BCUT2D eigenvalue weighted by molar-refractivity contribution is 5.73. The normalized spacial score (nSPS) is 25.8. The maximum absolute atomic E-state index is 12.5. The first-order chi connectivity index (χ1) is 13.2. The van der Waals surface area contributed by atoms with Gasteiger partial charge in [-0.1, -0.05) is 73.5 Å². The number of carbonyl (C=O) groups excluding carboxylic acids is 1. The number of esters is 1. The Kier molecular flexibility index (Phi) is 5.31. The summed E-state index contributed by atoms with van der Waals surface area (Å²) < 4.78 is 5.18. The zero-order valence-electron chi connectivity index (χ0n) is 16.1. The van der Waals surface area contributed by atoms with Gasteiger partial charge in [0.25, 0.3) is 0 Å². The molecule has 0 amide bonds. The lowest BCUT2D eigenvalue weighted by Gasteiger charge is -2.40. The number of ether oxygens (including phenoxy) is 1. The molecule has 1 aliphatic carbocycles. The first-order valence-electron chi connectivity index (χ1n) is 10.2. The van der Waals surface area contributed by atoms with E-state index in [4.69, 9.17) is 4.74 Å². The van der Waals surface area contributed by atoms with Crippen LogP contribution in [-0.4, -0.2) is 31.1 Å². The second kappa shape index (κ2) is 7.85. The number of hydrogen-bond acceptors (Lipinski definition) is 3. The lowest BCUT2D eigenvalue weighted by Crippen LogP contribution is -2.42. The van der Waals surface area contributed by atoms with Gasteiger partial charge in [0.2, 0.25) is 0 Å². The molecule has 1 heterocycles. The van der Waals surface area contributed by atoms with Gasteiger partial charge in [-0.2, -0.15) is 0 Å². The molecule has 142 valence electrons. The summed E-state index contributed by atoms with van der Waals surface area (Å²) in [6.07, 6.45) is 5.56. The van der Waals surface area contributed by atoms with Crippen LogP contribution in [0.25, 0.3) is 0 Å². The molecule has 0 radical (unpaired) electrons. The fraction of sp³-hybridized carbons (Fsp3) is 0.458. The van der Waals surface area contributed by atoms with Crippen LogP contribution in [0.2, 0.25) is 0 Å². The highest BCUT2D eigenvalue weighted by Crippen LogP contribution is 2.50. The van der Waals surface area contributed by atoms with E-state index in [1.807, 2.05) is 0 Å². The van der Waals surface area contributed by atoms with E-state index in [0.717, 1.165) is 38.8 Å². The summed E-state index contributed by atoms with van der Waals surface area (Å²) in [5, 5.41) is 0. The maximum Gasteiger partial charge on any atom is 0.309 e. The van der Waals surface area contributed by atoms with E-state index < -0.39 is 0 Å². The van der Waals surface area contributed by atoms with Gasteiger partial charge in [-0.05, 0) is 42.3 Å². The fourth-order valence-corrected chi connectivity index (χ4v) is 5.34. The van der Waals surface area contributed by atoms with E-state index in [-0.39, 0.29) is 23.3 Å². The highest BCUT2D eigenvalue weighted by atomic mass is 16.5. The SMILES string of the molecule is COC(=O)[C@@H]1CCCC[C@@]12CCN(C(c1ccccc1)c1ccccc1)C2. The van der Waals surface area contributed by atoms with Crippen molar-refractivity contribution in [3.8, 4) is 0 Å². The fourth-order valence-electron chi connectivity index (χ4n) is 5.34. The summed E-state index contributed by atoms with van der Waals surface area (Å²) in [5.41, 5.74) is 2.73. The van der Waals surface area contributed by atoms with Crippen LogP contribution in [-0.2, 0) is 9.53 Å². The lowest BCUT2D eigenvalue weighted by molar-refractivity contribution is -0.152. The summed E-state index contributed by atoms with van der Waals surface area (Å²) in [4.78, 5) is 15.1. The largest absolute Gasteiger partial charge is 0.469 e. The van der Waals surface area contributed by atoms with Crippen LogP contribution in [0, 0.1) is 11.3 Å². The molecule has 0 N–H and O–H groups in total. The standard InChI is InChI=1S/C24H29NO2/c1-27-23(26)21-14-8-9-15-24(21)16-17-25(18-24)22(19-10-4-2-5-11-19)20-12-6-3-7-13-20/h2-7,10-13,21-22H,8-9,14-18H2,1H3/t21-,24-/m0/s1. The van der Waals surface area contributed by atoms with E-state index in [9.17, 15) is 4.79 Å². The van der Waals surface area contributed by atoms with Crippen LogP contribution in [0.15, 0.2) is 60.7 Å². The molecule has 2 atom stereocenters. The molecule has 0 unspecified atom stereocenters. The molecule has 1 saturated carbocycles. The van der Waals surface area contributed by atoms with Gasteiger partial charge in [0.05, 0.1) is 19.1 Å². The number of carbonyl (C=O) groups is 1. The third-order valence-electron chi connectivity index (χ3n) is 6.65. The van der Waals surface area contributed by atoms with Gasteiger partial charge < -0.3 is 4.74 Å². The first kappa shape index (κ1) is 18.2. The third kappa shape index (κ3) is 3.53. The Morgan fingerprint density at radius 2 is 1.63 bits per heavy atom. The van der Waals surface area contributed by atoms with E-state index >= 15 is 0 Å². The van der Waals surface area contributed by atoms with E-state index in [2.05, 4.69) is 65.6 Å². The minimum atomic E-state index is -0.00692. The smallest absolute Gasteiger partial charge is 0.309 e. The van der Waals surface area contributed by atoms with Crippen molar-refractivity contribution in [1.82, 2.24) is 4.90 Å². The Labute approximate surface area is 162 Å². The van der Waals surface area contributed by atoms with E-state index in [0.29, 0.717) is 0 Å². The monoisotopic (exact) mass is 363 g/mol. The Bertz CT molecular complexity index is 721. The topological polar surface area (TPSA) is 29.5 Å². The second-order valence-electron chi connectivity index (χ2n) is 8.13. The molecule has 2 aromatic carbocycles. The van der Waals surface area contributed by atoms with Gasteiger partial charge in [0.15, 0.2) is 0 Å². The molecule has 1 spiro atoms. The van der Waals surface area contributed by atoms with Gasteiger partial charge in [0, 0.05) is 6.54 Å². The van der Waals surface area contributed by atoms with Crippen LogP contribution >= 0.6 is 0 Å². The average molecular weight is 364 g/mol. The molecular weight excluding hydrogens is 334 g/mol. The van der Waals surface area contributed by atoms with Crippen molar-refractivity contribution >= 4 is 5.97 Å². The molecule has 0 aromatic heterocycles. The maximum atomic E-state index is 12.5. The van der Waals surface area contributed by atoms with Gasteiger partial charge in [-0.15, -0.1) is 0 Å². The molecule has 1 aliphatic heterocycles. The Balaban J connectivity index is 1.66. The minimum Gasteiger partial charge on any atom is -0.469 e. The van der Waals surface area contributed by atoms with E-state index in [1.54, 1.807) is 0 Å². The summed E-state index contributed by atoms with van der Waals surface area (Å²) in [5.74, 6) is 0.0426.